The summed E-state index contributed by atoms with van der Waals surface area (Å²) in [5.41, 5.74) is 0. The molecule has 8 heteroatoms. The normalized spacial score (nSPS) is 19.8. The van der Waals surface area contributed by atoms with Crippen molar-refractivity contribution in [3.05, 3.63) is 42.0 Å². The molecular weight excluding hydrogens is 306 g/mol. The topological polar surface area (TPSA) is 71.1 Å². The molecule has 3 rings (SSSR count). The summed E-state index contributed by atoms with van der Waals surface area (Å²) in [6, 6.07) is 7.90. The largest absolute Gasteiger partial charge is 0.484 e. The molecule has 0 bridgehead atoms. The number of ether oxygens (including phenoxy) is 1. The summed E-state index contributed by atoms with van der Waals surface area (Å²) >= 11 is 0. The number of carbonyl (C=O) groups is 1. The van der Waals surface area contributed by atoms with Gasteiger partial charge < -0.3 is 9.64 Å². The number of likely N-dealkylation sites (tertiary alicyclic amines) is 1. The third-order valence-corrected chi connectivity index (χ3v) is 3.61. The van der Waals surface area contributed by atoms with Crippen molar-refractivity contribution in [3.63, 3.8) is 0 Å². The Morgan fingerprint density at radius 3 is 2.83 bits per heavy atom. The number of benzene rings is 1. The molecule has 1 amide bonds. The van der Waals surface area contributed by atoms with Crippen LogP contribution in [0.25, 0.3) is 0 Å². The van der Waals surface area contributed by atoms with Crippen LogP contribution in [0.3, 0.4) is 0 Å². The van der Waals surface area contributed by atoms with Gasteiger partial charge in [-0.25, -0.2) is 13.8 Å². The molecule has 0 aliphatic carbocycles. The second-order valence-electron chi connectivity index (χ2n) is 5.48. The zero-order valence-corrected chi connectivity index (χ0v) is 12.5. The van der Waals surface area contributed by atoms with Crippen LogP contribution in [-0.4, -0.2) is 45.1 Å². The fraction of sp³-hybridized carbons (Fsp3) is 0.400. The number of hydrogen-bond acceptors (Lipinski definition) is 4. The van der Waals surface area contributed by atoms with Gasteiger partial charge in [-0.3, -0.25) is 9.89 Å². The zero-order valence-electron chi connectivity index (χ0n) is 12.5. The van der Waals surface area contributed by atoms with Crippen molar-refractivity contribution in [2.75, 3.05) is 13.2 Å². The lowest BCUT2D eigenvalue weighted by Crippen LogP contribution is -2.36. The molecule has 1 atom stereocenters. The maximum atomic E-state index is 13.8. The smallest absolute Gasteiger partial charge is 0.267 e. The Balaban J connectivity index is 1.72. The molecule has 1 saturated heterocycles. The molecule has 6 nitrogen and oxygen atoms in total. The van der Waals surface area contributed by atoms with Gasteiger partial charge in [0.1, 0.15) is 11.6 Å². The Morgan fingerprint density at radius 2 is 2.17 bits per heavy atom. The molecule has 1 aliphatic rings. The molecule has 1 N–H and O–H groups in total. The van der Waals surface area contributed by atoms with E-state index in [2.05, 4.69) is 15.2 Å². The number of para-hydroxylation sites is 1. The van der Waals surface area contributed by atoms with E-state index in [0.29, 0.717) is 11.6 Å². The van der Waals surface area contributed by atoms with Crippen LogP contribution in [0.4, 0.5) is 8.78 Å². The summed E-state index contributed by atoms with van der Waals surface area (Å²) in [5, 5.41) is 6.53. The minimum Gasteiger partial charge on any atom is -0.484 e. The Morgan fingerprint density at radius 1 is 1.43 bits per heavy atom. The molecule has 1 aliphatic heterocycles. The van der Waals surface area contributed by atoms with Gasteiger partial charge in [-0.1, -0.05) is 18.2 Å². The van der Waals surface area contributed by atoms with Crippen molar-refractivity contribution in [1.29, 1.82) is 0 Å². The standard InChI is InChI=1S/C15H16F2N4O2/c1-10-18-14(20-19-10)12-7-15(16,17)9-21(12)13(22)8-23-11-5-3-2-4-6-11/h2-6,12H,7-9H2,1H3,(H,18,19,20)/t12-/m0/s1. The number of alkyl halides is 2. The molecule has 2 heterocycles. The summed E-state index contributed by atoms with van der Waals surface area (Å²) in [6.07, 6.45) is -0.485. The van der Waals surface area contributed by atoms with Gasteiger partial charge in [0.25, 0.3) is 11.8 Å². The van der Waals surface area contributed by atoms with Crippen molar-refractivity contribution in [3.8, 4) is 5.75 Å². The van der Waals surface area contributed by atoms with Crippen LogP contribution in [-0.2, 0) is 4.79 Å². The highest BCUT2D eigenvalue weighted by Crippen LogP contribution is 2.39. The number of nitrogens with one attached hydrogen (secondary N) is 1. The first-order valence-electron chi connectivity index (χ1n) is 7.19. The third kappa shape index (κ3) is 3.46. The first kappa shape index (κ1) is 15.4. The minimum absolute atomic E-state index is 0.202. The minimum atomic E-state index is -2.96. The van der Waals surface area contributed by atoms with E-state index in [4.69, 9.17) is 4.74 Å². The van der Waals surface area contributed by atoms with Crippen molar-refractivity contribution >= 4 is 5.91 Å². The quantitative estimate of drug-likeness (QED) is 0.936. The van der Waals surface area contributed by atoms with Crippen LogP contribution in [0, 0.1) is 6.92 Å². The van der Waals surface area contributed by atoms with Gasteiger partial charge in [0, 0.05) is 6.42 Å². The molecule has 1 fully saturated rings. The number of amides is 1. The van der Waals surface area contributed by atoms with Crippen molar-refractivity contribution in [2.24, 2.45) is 0 Å². The number of aryl methyl sites for hydroxylation is 1. The average Bonchev–Trinajstić information content (AvgIpc) is 3.09. The van der Waals surface area contributed by atoms with Gasteiger partial charge in [0.05, 0.1) is 12.6 Å². The van der Waals surface area contributed by atoms with E-state index in [1.165, 1.54) is 0 Å². The van der Waals surface area contributed by atoms with Crippen molar-refractivity contribution in [2.45, 2.75) is 25.3 Å². The SMILES string of the molecule is Cc1nc([C@@H]2CC(F)(F)CN2C(=O)COc2ccccc2)n[nH]1. The number of H-pyrrole nitrogens is 1. The first-order chi connectivity index (χ1) is 10.9. The van der Waals surface area contributed by atoms with Crippen molar-refractivity contribution in [1.82, 2.24) is 20.1 Å². The summed E-state index contributed by atoms with van der Waals surface area (Å²) in [4.78, 5) is 17.5. The van der Waals surface area contributed by atoms with Crippen LogP contribution in [0.1, 0.15) is 24.1 Å². The van der Waals surface area contributed by atoms with Gasteiger partial charge >= 0.3 is 0 Å². The Hall–Kier alpha value is -2.51. The first-order valence-corrected chi connectivity index (χ1v) is 7.19. The number of halogens is 2. The predicted octanol–water partition coefficient (Wildman–Crippen LogP) is 2.10. The molecule has 1 aromatic carbocycles. The van der Waals surface area contributed by atoms with E-state index >= 15 is 0 Å². The number of carbonyl (C=O) groups excluding carboxylic acids is 1. The zero-order chi connectivity index (χ0) is 16.4. The predicted molar refractivity (Wildman–Crippen MR) is 77.1 cm³/mol. The molecular formula is C15H16F2N4O2. The van der Waals surface area contributed by atoms with E-state index in [1.807, 2.05) is 6.07 Å². The molecule has 2 aromatic rings. The fourth-order valence-corrected chi connectivity index (χ4v) is 2.56. The second-order valence-corrected chi connectivity index (χ2v) is 5.48. The average molecular weight is 322 g/mol. The molecule has 0 radical (unpaired) electrons. The highest BCUT2D eigenvalue weighted by atomic mass is 19.3. The van der Waals surface area contributed by atoms with Crippen LogP contribution in [0.15, 0.2) is 30.3 Å². The third-order valence-electron chi connectivity index (χ3n) is 3.61. The second kappa shape index (κ2) is 5.94. The van der Waals surface area contributed by atoms with E-state index in [0.717, 1.165) is 4.90 Å². The van der Waals surface area contributed by atoms with E-state index in [-0.39, 0.29) is 12.4 Å². The molecule has 0 spiro atoms. The van der Waals surface area contributed by atoms with E-state index < -0.39 is 30.8 Å². The number of nitrogens with zero attached hydrogens (tertiary/aromatic N) is 3. The number of aromatic amines is 1. The van der Waals surface area contributed by atoms with Gasteiger partial charge in [-0.05, 0) is 19.1 Å². The van der Waals surface area contributed by atoms with Gasteiger partial charge in [-0.15, -0.1) is 0 Å². The monoisotopic (exact) mass is 322 g/mol. The van der Waals surface area contributed by atoms with Gasteiger partial charge in [-0.2, -0.15) is 5.10 Å². The Kier molecular flexibility index (Phi) is 3.97. The van der Waals surface area contributed by atoms with Gasteiger partial charge in [0.15, 0.2) is 12.4 Å². The Bertz CT molecular complexity index is 690. The lowest BCUT2D eigenvalue weighted by molar-refractivity contribution is -0.135. The van der Waals surface area contributed by atoms with Crippen molar-refractivity contribution < 1.29 is 18.3 Å². The molecule has 0 unspecified atom stereocenters. The summed E-state index contributed by atoms with van der Waals surface area (Å²) in [5.74, 6) is -2.24. The fourth-order valence-electron chi connectivity index (χ4n) is 2.56. The Labute approximate surface area is 131 Å². The van der Waals surface area contributed by atoms with Crippen LogP contribution in [0.2, 0.25) is 0 Å². The lowest BCUT2D eigenvalue weighted by atomic mass is 10.2. The van der Waals surface area contributed by atoms with Crippen LogP contribution in [0.5, 0.6) is 5.75 Å². The maximum Gasteiger partial charge on any atom is 0.267 e. The molecule has 122 valence electrons. The lowest BCUT2D eigenvalue weighted by Gasteiger charge is -2.21. The van der Waals surface area contributed by atoms with Crippen LogP contribution >= 0.6 is 0 Å². The number of aromatic nitrogens is 3. The highest BCUT2D eigenvalue weighted by Gasteiger charge is 2.49. The number of rotatable bonds is 4. The summed E-state index contributed by atoms with van der Waals surface area (Å²) < 4.78 is 32.9. The summed E-state index contributed by atoms with van der Waals surface area (Å²) in [7, 11) is 0. The molecule has 1 aromatic heterocycles. The van der Waals surface area contributed by atoms with Gasteiger partial charge in [0.2, 0.25) is 0 Å². The summed E-state index contributed by atoms with van der Waals surface area (Å²) in [6.45, 7) is 0.719. The van der Waals surface area contributed by atoms with E-state index in [1.54, 1.807) is 31.2 Å². The number of hydrogen-bond donors (Lipinski definition) is 1. The van der Waals surface area contributed by atoms with E-state index in [9.17, 15) is 13.6 Å². The maximum absolute atomic E-state index is 13.8. The highest BCUT2D eigenvalue weighted by molar-refractivity contribution is 5.78. The molecule has 23 heavy (non-hydrogen) atoms. The molecule has 0 saturated carbocycles. The van der Waals surface area contributed by atoms with Crippen LogP contribution < -0.4 is 4.74 Å².